The van der Waals surface area contributed by atoms with Crippen molar-refractivity contribution >= 4 is 44.7 Å². The van der Waals surface area contributed by atoms with E-state index in [-0.39, 0.29) is 0 Å². The molecule has 0 atom stereocenters. The molecule has 0 aliphatic heterocycles. The normalized spacial score (nSPS) is 10.7. The van der Waals surface area contributed by atoms with Crippen LogP contribution in [-0.2, 0) is 5.75 Å². The molecule has 0 unspecified atom stereocenters. The highest BCUT2D eigenvalue weighted by molar-refractivity contribution is 9.10. The molecule has 1 aromatic carbocycles. The fourth-order valence-corrected chi connectivity index (χ4v) is 4.22. The van der Waals surface area contributed by atoms with E-state index in [1.165, 1.54) is 0 Å². The topological polar surface area (TPSA) is 51.8 Å². The first-order valence-corrected chi connectivity index (χ1v) is 8.92. The van der Waals surface area contributed by atoms with Gasteiger partial charge < -0.3 is 5.73 Å². The summed E-state index contributed by atoms with van der Waals surface area (Å²) in [6, 6.07) is 11.7. The van der Waals surface area contributed by atoms with Crippen LogP contribution in [0.1, 0.15) is 5.69 Å². The summed E-state index contributed by atoms with van der Waals surface area (Å²) >= 11 is 6.90. The molecular weight excluding hydrogens is 366 g/mol. The fraction of sp³-hybridized carbons (Fsp3) is 0.0667. The third-order valence-corrected chi connectivity index (χ3v) is 5.71. The maximum atomic E-state index is 5.75. The summed E-state index contributed by atoms with van der Waals surface area (Å²) in [4.78, 5) is 10.1. The van der Waals surface area contributed by atoms with E-state index < -0.39 is 0 Å². The van der Waals surface area contributed by atoms with E-state index in [9.17, 15) is 0 Å². The highest BCUT2D eigenvalue weighted by Gasteiger charge is 2.07. The Bertz CT molecular complexity index is 744. The first-order chi connectivity index (χ1) is 10.2. The number of benzene rings is 1. The van der Waals surface area contributed by atoms with Crippen molar-refractivity contribution in [2.75, 3.05) is 5.73 Å². The van der Waals surface area contributed by atoms with Gasteiger partial charge in [0.25, 0.3) is 0 Å². The Hall–Kier alpha value is -1.37. The average molecular weight is 378 g/mol. The van der Waals surface area contributed by atoms with Gasteiger partial charge in [0.05, 0.1) is 11.4 Å². The Morgan fingerprint density at radius 2 is 2.14 bits per heavy atom. The predicted octanol–water partition coefficient (Wildman–Crippen LogP) is 4.84. The molecule has 2 aromatic heterocycles. The summed E-state index contributed by atoms with van der Waals surface area (Å²) in [6.45, 7) is 0. The number of aromatic nitrogens is 2. The lowest BCUT2D eigenvalue weighted by Crippen LogP contribution is -1.86. The quantitative estimate of drug-likeness (QED) is 0.521. The molecule has 0 saturated carbocycles. The van der Waals surface area contributed by atoms with E-state index in [4.69, 9.17) is 5.73 Å². The molecular formula is C15H12BrN3S2. The van der Waals surface area contributed by atoms with Crippen LogP contribution in [0, 0.1) is 0 Å². The third kappa shape index (κ3) is 3.64. The Morgan fingerprint density at radius 3 is 2.90 bits per heavy atom. The largest absolute Gasteiger partial charge is 0.399 e. The molecule has 3 nitrogen and oxygen atoms in total. The average Bonchev–Trinajstić information content (AvgIpc) is 2.96. The number of nitrogens with two attached hydrogens (primary N) is 1. The van der Waals surface area contributed by atoms with Crippen molar-refractivity contribution in [1.82, 2.24) is 9.97 Å². The standard InChI is InChI=1S/C15H12BrN3S2/c16-12-7-10(17)4-5-14(12)20-8-11-9-21-15(19-11)13-3-1-2-6-18-13/h1-7,9H,8,17H2. The number of hydrogen-bond acceptors (Lipinski definition) is 5. The van der Waals surface area contributed by atoms with Crippen molar-refractivity contribution < 1.29 is 0 Å². The Kier molecular flexibility index (Phi) is 4.57. The number of rotatable bonds is 4. The molecule has 21 heavy (non-hydrogen) atoms. The van der Waals surface area contributed by atoms with Gasteiger partial charge in [-0.3, -0.25) is 4.98 Å². The van der Waals surface area contributed by atoms with Crippen LogP contribution in [0.15, 0.2) is 57.3 Å². The second kappa shape index (κ2) is 6.60. The Morgan fingerprint density at radius 1 is 1.24 bits per heavy atom. The number of nitrogen functional groups attached to an aromatic ring is 1. The van der Waals surface area contributed by atoms with Crippen LogP contribution in [0.4, 0.5) is 5.69 Å². The number of pyridine rings is 1. The highest BCUT2D eigenvalue weighted by Crippen LogP contribution is 2.32. The minimum Gasteiger partial charge on any atom is -0.399 e. The van der Waals surface area contributed by atoms with Gasteiger partial charge >= 0.3 is 0 Å². The third-order valence-electron chi connectivity index (χ3n) is 2.77. The van der Waals surface area contributed by atoms with E-state index in [0.717, 1.165) is 37.2 Å². The molecule has 2 heterocycles. The summed E-state index contributed by atoms with van der Waals surface area (Å²) in [5.41, 5.74) is 8.49. The fourth-order valence-electron chi connectivity index (χ4n) is 1.77. The predicted molar refractivity (Wildman–Crippen MR) is 93.5 cm³/mol. The second-order valence-corrected chi connectivity index (χ2v) is 7.07. The lowest BCUT2D eigenvalue weighted by atomic mass is 10.3. The Labute approximate surface area is 139 Å². The maximum Gasteiger partial charge on any atom is 0.142 e. The van der Waals surface area contributed by atoms with Crippen LogP contribution in [-0.4, -0.2) is 9.97 Å². The van der Waals surface area contributed by atoms with Gasteiger partial charge in [0.15, 0.2) is 0 Å². The first kappa shape index (κ1) is 14.6. The molecule has 0 fully saturated rings. The zero-order valence-electron chi connectivity index (χ0n) is 11.0. The zero-order valence-corrected chi connectivity index (χ0v) is 14.2. The molecule has 2 N–H and O–H groups in total. The minimum atomic E-state index is 0.761. The van der Waals surface area contributed by atoms with E-state index >= 15 is 0 Å². The molecule has 0 aliphatic rings. The van der Waals surface area contributed by atoms with E-state index in [0.29, 0.717) is 0 Å². The van der Waals surface area contributed by atoms with Gasteiger partial charge in [0.1, 0.15) is 5.01 Å². The van der Waals surface area contributed by atoms with Crippen molar-refractivity contribution in [1.29, 1.82) is 0 Å². The summed E-state index contributed by atoms with van der Waals surface area (Å²) < 4.78 is 1.02. The molecule has 0 spiro atoms. The number of anilines is 1. The van der Waals surface area contributed by atoms with Gasteiger partial charge in [-0.1, -0.05) is 6.07 Å². The lowest BCUT2D eigenvalue weighted by Gasteiger charge is -2.03. The molecule has 0 aliphatic carbocycles. The van der Waals surface area contributed by atoms with Gasteiger partial charge in [-0.15, -0.1) is 23.1 Å². The smallest absolute Gasteiger partial charge is 0.142 e. The molecule has 0 radical (unpaired) electrons. The number of thiazole rings is 1. The van der Waals surface area contributed by atoms with Gasteiger partial charge in [0, 0.05) is 32.4 Å². The van der Waals surface area contributed by atoms with Gasteiger partial charge in [-0.05, 0) is 46.3 Å². The monoisotopic (exact) mass is 377 g/mol. The molecule has 3 rings (SSSR count). The summed E-state index contributed by atoms with van der Waals surface area (Å²) in [6.07, 6.45) is 1.79. The number of hydrogen-bond donors (Lipinski definition) is 1. The van der Waals surface area contributed by atoms with Gasteiger partial charge in [-0.2, -0.15) is 0 Å². The van der Waals surface area contributed by atoms with Gasteiger partial charge in [0.2, 0.25) is 0 Å². The lowest BCUT2D eigenvalue weighted by molar-refractivity contribution is 1.21. The van der Waals surface area contributed by atoms with Gasteiger partial charge in [-0.25, -0.2) is 4.98 Å². The van der Waals surface area contributed by atoms with E-state index in [2.05, 4.69) is 31.3 Å². The van der Waals surface area contributed by atoms with Crippen LogP contribution in [0.5, 0.6) is 0 Å². The highest BCUT2D eigenvalue weighted by atomic mass is 79.9. The summed E-state index contributed by atoms with van der Waals surface area (Å²) in [7, 11) is 0. The van der Waals surface area contributed by atoms with E-state index in [1.54, 1.807) is 29.3 Å². The number of halogens is 1. The number of nitrogens with zero attached hydrogens (tertiary/aromatic N) is 2. The minimum absolute atomic E-state index is 0.761. The van der Waals surface area contributed by atoms with Crippen molar-refractivity contribution in [2.45, 2.75) is 10.6 Å². The molecule has 0 saturated heterocycles. The van der Waals surface area contributed by atoms with Crippen LogP contribution in [0.25, 0.3) is 10.7 Å². The summed E-state index contributed by atoms with van der Waals surface area (Å²) in [5.74, 6) is 0.825. The van der Waals surface area contributed by atoms with Crippen molar-refractivity contribution in [3.05, 3.63) is 58.1 Å². The maximum absolute atomic E-state index is 5.75. The molecule has 0 bridgehead atoms. The number of thioether (sulfide) groups is 1. The second-order valence-electron chi connectivity index (χ2n) is 4.34. The van der Waals surface area contributed by atoms with Crippen LogP contribution >= 0.6 is 39.0 Å². The van der Waals surface area contributed by atoms with Crippen molar-refractivity contribution in [3.63, 3.8) is 0 Å². The molecule has 106 valence electrons. The van der Waals surface area contributed by atoms with Crippen LogP contribution in [0.2, 0.25) is 0 Å². The van der Waals surface area contributed by atoms with E-state index in [1.807, 2.05) is 36.4 Å². The summed E-state index contributed by atoms with van der Waals surface area (Å²) in [5, 5.41) is 3.05. The molecule has 3 aromatic rings. The Balaban J connectivity index is 1.70. The molecule has 6 heteroatoms. The van der Waals surface area contributed by atoms with Crippen molar-refractivity contribution in [3.8, 4) is 10.7 Å². The zero-order chi connectivity index (χ0) is 14.7. The molecule has 0 amide bonds. The van der Waals surface area contributed by atoms with Crippen molar-refractivity contribution in [2.24, 2.45) is 0 Å². The SMILES string of the molecule is Nc1ccc(SCc2csc(-c3ccccn3)n2)c(Br)c1. The first-order valence-electron chi connectivity index (χ1n) is 6.26. The van der Waals surface area contributed by atoms with Crippen LogP contribution < -0.4 is 5.73 Å². The van der Waals surface area contributed by atoms with Crippen LogP contribution in [0.3, 0.4) is 0 Å².